The van der Waals surface area contributed by atoms with Gasteiger partial charge in [-0.15, -0.1) is 0 Å². The summed E-state index contributed by atoms with van der Waals surface area (Å²) in [4.78, 5) is 10.9. The molecule has 0 aromatic carbocycles. The van der Waals surface area contributed by atoms with Crippen LogP contribution in [0.3, 0.4) is 0 Å². The van der Waals surface area contributed by atoms with Gasteiger partial charge in [0.05, 0.1) is 12.2 Å². The van der Waals surface area contributed by atoms with Crippen molar-refractivity contribution < 1.29 is 49.4 Å². The van der Waals surface area contributed by atoms with E-state index in [-0.39, 0.29) is 0 Å². The van der Waals surface area contributed by atoms with Crippen LogP contribution in [-0.2, 0) is 14.3 Å². The topological polar surface area (TPSA) is 35.5 Å². The molecule has 3 nitrogen and oxygen atoms in total. The van der Waals surface area contributed by atoms with Crippen molar-refractivity contribution in [3.8, 4) is 0 Å². The van der Waals surface area contributed by atoms with Gasteiger partial charge in [-0.2, -0.15) is 35.1 Å². The minimum atomic E-state index is -5.92. The Balaban J connectivity index is 4.20. The summed E-state index contributed by atoms with van der Waals surface area (Å²) in [5, 5.41) is 0. The van der Waals surface area contributed by atoms with Crippen LogP contribution in [0, 0.1) is 0 Å². The van der Waals surface area contributed by atoms with Crippen LogP contribution in [0.4, 0.5) is 35.1 Å². The van der Waals surface area contributed by atoms with Gasteiger partial charge in [-0.3, -0.25) is 0 Å². The fraction of sp³-hybridized carbons (Fsp3) is 0.667. The summed E-state index contributed by atoms with van der Waals surface area (Å²) in [6.45, 7) is -2.21. The van der Waals surface area contributed by atoms with Gasteiger partial charge in [0, 0.05) is 0 Å². The number of esters is 1. The maximum absolute atomic E-state index is 12.4. The van der Waals surface area contributed by atoms with Gasteiger partial charge in [-0.25, -0.2) is 4.79 Å². The molecule has 20 heavy (non-hydrogen) atoms. The van der Waals surface area contributed by atoms with E-state index in [1.54, 1.807) is 0 Å². The van der Waals surface area contributed by atoms with Crippen LogP contribution < -0.4 is 0 Å². The highest BCUT2D eigenvalue weighted by atomic mass is 19.4. The van der Waals surface area contributed by atoms with Crippen molar-refractivity contribution in [1.82, 2.24) is 0 Å². The van der Waals surface area contributed by atoms with Crippen LogP contribution in [0.1, 0.15) is 0 Å². The maximum Gasteiger partial charge on any atom is 0.456 e. The van der Waals surface area contributed by atoms with E-state index >= 15 is 0 Å². The lowest BCUT2D eigenvalue weighted by atomic mass is 10.3. The number of rotatable bonds is 6. The summed E-state index contributed by atoms with van der Waals surface area (Å²) in [6, 6.07) is 0. The van der Waals surface area contributed by atoms with Crippen LogP contribution in [-0.4, -0.2) is 44.1 Å². The van der Waals surface area contributed by atoms with Gasteiger partial charge in [0.25, 0.3) is 0 Å². The predicted octanol–water partition coefficient (Wildman–Crippen LogP) is 2.86. The summed E-state index contributed by atoms with van der Waals surface area (Å²) in [5.74, 6) is -6.98. The quantitative estimate of drug-likeness (QED) is 0.429. The van der Waals surface area contributed by atoms with Crippen LogP contribution >= 0.6 is 0 Å². The van der Waals surface area contributed by atoms with Crippen LogP contribution in [0.2, 0.25) is 0 Å². The molecule has 0 bridgehead atoms. The molecule has 0 aliphatic heterocycles. The van der Waals surface area contributed by atoms with Crippen LogP contribution in [0.5, 0.6) is 0 Å². The standard InChI is InChI=1S/C9H8F8O3/c1-5(2-19-4-8(12,13)14)6(18)20-3-7(10,11)9(15,16)17/h1-4H2. The third kappa shape index (κ3) is 6.68. The van der Waals surface area contributed by atoms with E-state index in [1.165, 1.54) is 0 Å². The largest absolute Gasteiger partial charge is 0.456 e. The second-order valence-electron chi connectivity index (χ2n) is 3.49. The molecule has 0 fully saturated rings. The summed E-state index contributed by atoms with van der Waals surface area (Å²) in [6.07, 6.45) is -10.6. The van der Waals surface area contributed by atoms with Gasteiger partial charge in [-0.05, 0) is 0 Å². The van der Waals surface area contributed by atoms with Crippen molar-refractivity contribution in [3.05, 3.63) is 12.2 Å². The first-order valence-electron chi connectivity index (χ1n) is 4.70. The van der Waals surface area contributed by atoms with Gasteiger partial charge in [0.1, 0.15) is 6.61 Å². The first-order chi connectivity index (χ1) is 8.76. The SMILES string of the molecule is C=C(COCC(F)(F)F)C(=O)OCC(F)(F)C(F)(F)F. The second kappa shape index (κ2) is 6.37. The average molecular weight is 316 g/mol. The molecule has 0 N–H and O–H groups in total. The second-order valence-corrected chi connectivity index (χ2v) is 3.49. The molecule has 0 aromatic rings. The molecule has 0 rings (SSSR count). The monoisotopic (exact) mass is 316 g/mol. The first kappa shape index (κ1) is 18.6. The minimum Gasteiger partial charge on any atom is -0.455 e. The molecule has 0 spiro atoms. The van der Waals surface area contributed by atoms with Crippen LogP contribution in [0.25, 0.3) is 0 Å². The lowest BCUT2D eigenvalue weighted by molar-refractivity contribution is -0.293. The fourth-order valence-electron chi connectivity index (χ4n) is 0.689. The van der Waals surface area contributed by atoms with E-state index in [1.807, 2.05) is 0 Å². The normalized spacial score (nSPS) is 13.2. The van der Waals surface area contributed by atoms with E-state index < -0.39 is 49.6 Å². The Bertz CT molecular complexity index is 357. The van der Waals surface area contributed by atoms with E-state index in [0.29, 0.717) is 0 Å². The van der Waals surface area contributed by atoms with Gasteiger partial charge in [0.15, 0.2) is 6.61 Å². The molecule has 0 aliphatic rings. The summed E-state index contributed by atoms with van der Waals surface area (Å²) in [7, 11) is 0. The molecule has 118 valence electrons. The number of ether oxygens (including phenoxy) is 2. The zero-order valence-corrected chi connectivity index (χ0v) is 9.58. The molecular weight excluding hydrogens is 308 g/mol. The molecule has 0 aromatic heterocycles. The van der Waals surface area contributed by atoms with Crippen molar-refractivity contribution in [2.24, 2.45) is 0 Å². The number of carbonyl (C=O) groups is 1. The maximum atomic E-state index is 12.4. The Morgan fingerprint density at radius 2 is 1.45 bits per heavy atom. The number of halogens is 8. The molecule has 0 aliphatic carbocycles. The van der Waals surface area contributed by atoms with Crippen molar-refractivity contribution in [3.63, 3.8) is 0 Å². The molecule has 0 atom stereocenters. The summed E-state index contributed by atoms with van der Waals surface area (Å²) < 4.78 is 102. The Morgan fingerprint density at radius 3 is 1.85 bits per heavy atom. The zero-order chi connectivity index (χ0) is 16.2. The van der Waals surface area contributed by atoms with E-state index in [2.05, 4.69) is 16.1 Å². The Kier molecular flexibility index (Phi) is 5.93. The van der Waals surface area contributed by atoms with Crippen molar-refractivity contribution in [2.75, 3.05) is 19.8 Å². The minimum absolute atomic E-state index is 0.827. The lowest BCUT2D eigenvalue weighted by Crippen LogP contribution is -2.41. The average Bonchev–Trinajstić information content (AvgIpc) is 2.22. The molecule has 0 saturated carbocycles. The van der Waals surface area contributed by atoms with Crippen molar-refractivity contribution >= 4 is 5.97 Å². The first-order valence-corrected chi connectivity index (χ1v) is 4.70. The Hall–Kier alpha value is -1.39. The number of carbonyl (C=O) groups excluding carboxylic acids is 1. The van der Waals surface area contributed by atoms with Crippen LogP contribution in [0.15, 0.2) is 12.2 Å². The molecule has 0 amide bonds. The lowest BCUT2D eigenvalue weighted by Gasteiger charge is -2.19. The highest BCUT2D eigenvalue weighted by Gasteiger charge is 2.58. The smallest absolute Gasteiger partial charge is 0.455 e. The molecule has 11 heteroatoms. The van der Waals surface area contributed by atoms with Crippen molar-refractivity contribution in [2.45, 2.75) is 18.3 Å². The highest BCUT2D eigenvalue weighted by molar-refractivity contribution is 5.87. The molecule has 0 radical (unpaired) electrons. The highest BCUT2D eigenvalue weighted by Crippen LogP contribution is 2.35. The number of hydrogen-bond acceptors (Lipinski definition) is 3. The molecule has 0 saturated heterocycles. The van der Waals surface area contributed by atoms with E-state index in [0.717, 1.165) is 0 Å². The zero-order valence-electron chi connectivity index (χ0n) is 9.58. The van der Waals surface area contributed by atoms with Gasteiger partial charge in [-0.1, -0.05) is 6.58 Å². The number of hydrogen-bond donors (Lipinski definition) is 0. The van der Waals surface area contributed by atoms with Crippen molar-refractivity contribution in [1.29, 1.82) is 0 Å². The summed E-state index contributed by atoms with van der Waals surface area (Å²) in [5.41, 5.74) is -0.827. The molecule has 0 heterocycles. The molecule has 0 unspecified atom stereocenters. The van der Waals surface area contributed by atoms with E-state index in [9.17, 15) is 39.9 Å². The molecular formula is C9H8F8O3. The third-order valence-electron chi connectivity index (χ3n) is 1.63. The Morgan fingerprint density at radius 1 is 0.950 bits per heavy atom. The van der Waals surface area contributed by atoms with Gasteiger partial charge in [0.2, 0.25) is 0 Å². The number of alkyl halides is 8. The third-order valence-corrected chi connectivity index (χ3v) is 1.63. The fourth-order valence-corrected chi connectivity index (χ4v) is 0.689. The Labute approximate surface area is 107 Å². The predicted molar refractivity (Wildman–Crippen MR) is 48.0 cm³/mol. The summed E-state index contributed by atoms with van der Waals surface area (Å²) >= 11 is 0. The van der Waals surface area contributed by atoms with E-state index in [4.69, 9.17) is 0 Å². The van der Waals surface area contributed by atoms with Gasteiger partial charge < -0.3 is 9.47 Å². The van der Waals surface area contributed by atoms with Gasteiger partial charge >= 0.3 is 24.2 Å².